The van der Waals surface area contributed by atoms with Gasteiger partial charge < -0.3 is 10.2 Å². The Labute approximate surface area is 133 Å². The summed E-state index contributed by atoms with van der Waals surface area (Å²) < 4.78 is 0. The van der Waals surface area contributed by atoms with Crippen LogP contribution in [0.4, 0.5) is 5.69 Å². The van der Waals surface area contributed by atoms with Crippen LogP contribution in [-0.2, 0) is 11.2 Å². The fourth-order valence-corrected chi connectivity index (χ4v) is 3.85. The smallest absolute Gasteiger partial charge is 0.244 e. The van der Waals surface area contributed by atoms with Crippen LogP contribution in [0.25, 0.3) is 0 Å². The van der Waals surface area contributed by atoms with Gasteiger partial charge in [0.05, 0.1) is 6.04 Å². The molecule has 0 spiro atoms. The van der Waals surface area contributed by atoms with Crippen LogP contribution < -0.4 is 10.2 Å². The second-order valence-corrected chi connectivity index (χ2v) is 6.69. The molecule has 2 aliphatic heterocycles. The first kappa shape index (κ1) is 15.5. The van der Waals surface area contributed by atoms with E-state index in [2.05, 4.69) is 42.3 Å². The number of hydrogen-bond donors (Lipinski definition) is 1. The zero-order chi connectivity index (χ0) is 15.7. The fraction of sp³-hybridized carbons (Fsp3) is 0.611. The predicted molar refractivity (Wildman–Crippen MR) is 90.2 cm³/mol. The first-order valence-corrected chi connectivity index (χ1v) is 8.44. The van der Waals surface area contributed by atoms with Crippen LogP contribution in [0.2, 0.25) is 0 Å². The standard InChI is InChI=1S/C18H27N3O/c1-13-11-15-7-4-5-9-17(15)21(13)18(22)14(2)20-10-6-8-16(12-20)19-3/h4-5,7,9,13-14,16,19H,6,8,10-12H2,1-3H3. The van der Waals surface area contributed by atoms with E-state index in [1.807, 2.05) is 18.0 Å². The van der Waals surface area contributed by atoms with Crippen molar-refractivity contribution in [1.29, 1.82) is 0 Å². The number of piperidine rings is 1. The zero-order valence-electron chi connectivity index (χ0n) is 13.9. The summed E-state index contributed by atoms with van der Waals surface area (Å²) in [7, 11) is 2.01. The molecular weight excluding hydrogens is 274 g/mol. The summed E-state index contributed by atoms with van der Waals surface area (Å²) in [6, 6.07) is 9.03. The van der Waals surface area contributed by atoms with Crippen molar-refractivity contribution in [3.8, 4) is 0 Å². The zero-order valence-corrected chi connectivity index (χ0v) is 13.9. The van der Waals surface area contributed by atoms with Gasteiger partial charge in [0.2, 0.25) is 5.91 Å². The number of fused-ring (bicyclic) bond motifs is 1. The van der Waals surface area contributed by atoms with Crippen molar-refractivity contribution in [3.05, 3.63) is 29.8 Å². The number of likely N-dealkylation sites (N-methyl/N-ethyl adjacent to an activating group) is 1. The van der Waals surface area contributed by atoms with E-state index in [4.69, 9.17) is 0 Å². The summed E-state index contributed by atoms with van der Waals surface area (Å²) in [5, 5.41) is 3.36. The maximum absolute atomic E-state index is 13.1. The van der Waals surface area contributed by atoms with E-state index in [-0.39, 0.29) is 18.0 Å². The van der Waals surface area contributed by atoms with E-state index in [1.54, 1.807) is 0 Å². The van der Waals surface area contributed by atoms with Gasteiger partial charge in [-0.1, -0.05) is 18.2 Å². The van der Waals surface area contributed by atoms with Crippen LogP contribution in [0.5, 0.6) is 0 Å². The summed E-state index contributed by atoms with van der Waals surface area (Å²) in [6.45, 7) is 6.20. The molecule has 1 saturated heterocycles. The SMILES string of the molecule is CNC1CCCN(C(C)C(=O)N2c3ccccc3CC2C)C1. The minimum Gasteiger partial charge on any atom is -0.316 e. The Kier molecular flexibility index (Phi) is 4.50. The molecule has 0 aliphatic carbocycles. The van der Waals surface area contributed by atoms with Crippen LogP contribution in [-0.4, -0.2) is 49.1 Å². The molecular formula is C18H27N3O. The van der Waals surface area contributed by atoms with Crippen LogP contribution >= 0.6 is 0 Å². The topological polar surface area (TPSA) is 35.6 Å². The van der Waals surface area contributed by atoms with Gasteiger partial charge in [-0.15, -0.1) is 0 Å². The lowest BCUT2D eigenvalue weighted by molar-refractivity contribution is -0.124. The first-order valence-electron chi connectivity index (χ1n) is 8.44. The number of hydrogen-bond acceptors (Lipinski definition) is 3. The van der Waals surface area contributed by atoms with Gasteiger partial charge in [-0.2, -0.15) is 0 Å². The molecule has 120 valence electrons. The van der Waals surface area contributed by atoms with E-state index >= 15 is 0 Å². The molecule has 4 nitrogen and oxygen atoms in total. The maximum atomic E-state index is 13.1. The lowest BCUT2D eigenvalue weighted by atomic mass is 10.0. The number of carbonyl (C=O) groups excluding carboxylic acids is 1. The Bertz CT molecular complexity index is 545. The van der Waals surface area contributed by atoms with E-state index in [9.17, 15) is 4.79 Å². The summed E-state index contributed by atoms with van der Waals surface area (Å²) >= 11 is 0. The number of likely N-dealkylation sites (tertiary alicyclic amines) is 1. The molecule has 0 radical (unpaired) electrons. The number of anilines is 1. The van der Waals surface area contributed by atoms with Gasteiger partial charge in [0.15, 0.2) is 0 Å². The number of nitrogens with zero attached hydrogens (tertiary/aromatic N) is 2. The molecule has 3 atom stereocenters. The molecule has 1 fully saturated rings. The molecule has 22 heavy (non-hydrogen) atoms. The average molecular weight is 301 g/mol. The van der Waals surface area contributed by atoms with Crippen molar-refractivity contribution in [3.63, 3.8) is 0 Å². The quantitative estimate of drug-likeness (QED) is 0.928. The number of benzene rings is 1. The lowest BCUT2D eigenvalue weighted by Gasteiger charge is -2.38. The monoisotopic (exact) mass is 301 g/mol. The predicted octanol–water partition coefficient (Wildman–Crippen LogP) is 2.04. The van der Waals surface area contributed by atoms with Gasteiger partial charge in [-0.3, -0.25) is 9.69 Å². The van der Waals surface area contributed by atoms with Gasteiger partial charge in [-0.25, -0.2) is 0 Å². The largest absolute Gasteiger partial charge is 0.316 e. The highest BCUT2D eigenvalue weighted by molar-refractivity contribution is 5.99. The van der Waals surface area contributed by atoms with E-state index in [0.29, 0.717) is 6.04 Å². The van der Waals surface area contributed by atoms with E-state index < -0.39 is 0 Å². The Hall–Kier alpha value is -1.39. The molecule has 4 heteroatoms. The van der Waals surface area contributed by atoms with E-state index in [1.165, 1.54) is 12.0 Å². The molecule has 1 N–H and O–H groups in total. The third kappa shape index (κ3) is 2.77. The minimum absolute atomic E-state index is 0.0512. The molecule has 3 unspecified atom stereocenters. The second-order valence-electron chi connectivity index (χ2n) is 6.69. The highest BCUT2D eigenvalue weighted by Gasteiger charge is 2.36. The van der Waals surface area contributed by atoms with Gasteiger partial charge >= 0.3 is 0 Å². The van der Waals surface area contributed by atoms with Crippen molar-refractivity contribution < 1.29 is 4.79 Å². The molecule has 0 aromatic heterocycles. The van der Waals surface area contributed by atoms with Crippen molar-refractivity contribution in [2.45, 2.75) is 51.2 Å². The molecule has 1 aromatic rings. The van der Waals surface area contributed by atoms with Crippen molar-refractivity contribution in [2.24, 2.45) is 0 Å². The Morgan fingerprint density at radius 3 is 2.91 bits per heavy atom. The minimum atomic E-state index is -0.0512. The van der Waals surface area contributed by atoms with Crippen molar-refractivity contribution in [1.82, 2.24) is 10.2 Å². The van der Waals surface area contributed by atoms with Gasteiger partial charge in [0, 0.05) is 24.3 Å². The third-order valence-electron chi connectivity index (χ3n) is 5.21. The van der Waals surface area contributed by atoms with Crippen LogP contribution in [0.15, 0.2) is 24.3 Å². The maximum Gasteiger partial charge on any atom is 0.244 e. The number of amides is 1. The summed E-state index contributed by atoms with van der Waals surface area (Å²) in [4.78, 5) is 17.4. The first-order chi connectivity index (χ1) is 10.6. The van der Waals surface area contributed by atoms with Crippen LogP contribution in [0, 0.1) is 0 Å². The molecule has 2 aliphatic rings. The Balaban J connectivity index is 1.76. The summed E-state index contributed by atoms with van der Waals surface area (Å²) in [5.74, 6) is 0.245. The number of carbonyl (C=O) groups is 1. The molecule has 1 aromatic carbocycles. The molecule has 0 saturated carbocycles. The highest BCUT2D eigenvalue weighted by atomic mass is 16.2. The normalized spacial score (nSPS) is 26.8. The second kappa shape index (κ2) is 6.39. The van der Waals surface area contributed by atoms with Gasteiger partial charge in [-0.05, 0) is 58.3 Å². The van der Waals surface area contributed by atoms with Crippen molar-refractivity contribution in [2.75, 3.05) is 25.0 Å². The van der Waals surface area contributed by atoms with Gasteiger partial charge in [0.25, 0.3) is 0 Å². The Morgan fingerprint density at radius 1 is 1.36 bits per heavy atom. The number of nitrogens with one attached hydrogen (secondary N) is 1. The Morgan fingerprint density at radius 2 is 2.14 bits per heavy atom. The van der Waals surface area contributed by atoms with Crippen LogP contribution in [0.3, 0.4) is 0 Å². The number of rotatable bonds is 3. The molecule has 0 bridgehead atoms. The number of para-hydroxylation sites is 1. The van der Waals surface area contributed by atoms with E-state index in [0.717, 1.165) is 31.6 Å². The third-order valence-corrected chi connectivity index (χ3v) is 5.21. The summed E-state index contributed by atoms with van der Waals surface area (Å²) in [6.07, 6.45) is 3.33. The molecule has 1 amide bonds. The molecule has 3 rings (SSSR count). The highest BCUT2D eigenvalue weighted by Crippen LogP contribution is 2.32. The van der Waals surface area contributed by atoms with Crippen LogP contribution in [0.1, 0.15) is 32.3 Å². The molecule has 2 heterocycles. The lowest BCUT2D eigenvalue weighted by Crippen LogP contribution is -2.54. The van der Waals surface area contributed by atoms with Crippen molar-refractivity contribution >= 4 is 11.6 Å². The average Bonchev–Trinajstić information content (AvgIpc) is 2.89. The fourth-order valence-electron chi connectivity index (χ4n) is 3.85. The summed E-state index contributed by atoms with van der Waals surface area (Å²) in [5.41, 5.74) is 2.40. The van der Waals surface area contributed by atoms with Gasteiger partial charge in [0.1, 0.15) is 0 Å².